The summed E-state index contributed by atoms with van der Waals surface area (Å²) < 4.78 is 0.967. The van der Waals surface area contributed by atoms with Crippen LogP contribution in [0.5, 0.6) is 0 Å². The van der Waals surface area contributed by atoms with E-state index in [-0.39, 0.29) is 5.91 Å². The minimum absolute atomic E-state index is 0.000762. The van der Waals surface area contributed by atoms with Crippen molar-refractivity contribution in [1.82, 2.24) is 0 Å². The molecule has 1 aliphatic rings. The van der Waals surface area contributed by atoms with E-state index in [1.807, 2.05) is 36.4 Å². The van der Waals surface area contributed by atoms with Crippen LogP contribution in [0.25, 0.3) is 0 Å². The quantitative estimate of drug-likeness (QED) is 0.886. The predicted molar refractivity (Wildman–Crippen MR) is 94.4 cm³/mol. The summed E-state index contributed by atoms with van der Waals surface area (Å²) in [6, 6.07) is 15.9. The fraction of sp³-hybridized carbons (Fsp3) is 0.278. The SMILES string of the molecule is O=C(Cc1ccccc1Br)Nc1ccc(N2CCCC2)cc1. The van der Waals surface area contributed by atoms with Crippen LogP contribution < -0.4 is 10.2 Å². The van der Waals surface area contributed by atoms with Crippen molar-refractivity contribution in [2.75, 3.05) is 23.3 Å². The molecule has 1 N–H and O–H groups in total. The minimum atomic E-state index is 0.000762. The van der Waals surface area contributed by atoms with Gasteiger partial charge in [0, 0.05) is 28.9 Å². The summed E-state index contributed by atoms with van der Waals surface area (Å²) in [6.07, 6.45) is 2.91. The molecule has 22 heavy (non-hydrogen) atoms. The van der Waals surface area contributed by atoms with Crippen LogP contribution in [0.15, 0.2) is 53.0 Å². The van der Waals surface area contributed by atoms with Gasteiger partial charge in [0.25, 0.3) is 0 Å². The standard InChI is InChI=1S/C18H19BrN2O/c19-17-6-2-1-5-14(17)13-18(22)20-15-7-9-16(10-8-15)21-11-3-4-12-21/h1-2,5-10H,3-4,11-13H2,(H,20,22). The minimum Gasteiger partial charge on any atom is -0.372 e. The van der Waals surface area contributed by atoms with E-state index in [2.05, 4.69) is 38.3 Å². The maximum absolute atomic E-state index is 12.1. The van der Waals surface area contributed by atoms with Crippen molar-refractivity contribution in [3.05, 3.63) is 58.6 Å². The van der Waals surface area contributed by atoms with E-state index >= 15 is 0 Å². The average Bonchev–Trinajstić information content (AvgIpc) is 3.05. The zero-order valence-electron chi connectivity index (χ0n) is 12.4. The molecule has 0 spiro atoms. The van der Waals surface area contributed by atoms with E-state index < -0.39 is 0 Å². The first kappa shape index (κ1) is 15.1. The van der Waals surface area contributed by atoms with Gasteiger partial charge in [0.15, 0.2) is 0 Å². The number of halogens is 1. The molecule has 0 saturated carbocycles. The van der Waals surface area contributed by atoms with E-state index in [0.29, 0.717) is 6.42 Å². The molecule has 3 rings (SSSR count). The van der Waals surface area contributed by atoms with Crippen LogP contribution in [0.4, 0.5) is 11.4 Å². The van der Waals surface area contributed by atoms with Crippen molar-refractivity contribution in [2.24, 2.45) is 0 Å². The first-order valence-electron chi connectivity index (χ1n) is 7.60. The summed E-state index contributed by atoms with van der Waals surface area (Å²) in [5.41, 5.74) is 3.08. The van der Waals surface area contributed by atoms with Gasteiger partial charge >= 0.3 is 0 Å². The molecule has 0 radical (unpaired) electrons. The topological polar surface area (TPSA) is 32.3 Å². The molecule has 0 atom stereocenters. The molecule has 1 heterocycles. The van der Waals surface area contributed by atoms with Crippen LogP contribution in [-0.4, -0.2) is 19.0 Å². The van der Waals surface area contributed by atoms with Gasteiger partial charge in [-0.2, -0.15) is 0 Å². The van der Waals surface area contributed by atoms with Gasteiger partial charge in [0.05, 0.1) is 6.42 Å². The zero-order valence-corrected chi connectivity index (χ0v) is 14.0. The van der Waals surface area contributed by atoms with Crippen molar-refractivity contribution in [2.45, 2.75) is 19.3 Å². The highest BCUT2D eigenvalue weighted by Crippen LogP contribution is 2.22. The fourth-order valence-electron chi connectivity index (χ4n) is 2.75. The molecule has 1 saturated heterocycles. The summed E-state index contributed by atoms with van der Waals surface area (Å²) in [4.78, 5) is 14.5. The van der Waals surface area contributed by atoms with Gasteiger partial charge in [0.1, 0.15) is 0 Å². The number of hydrogen-bond acceptors (Lipinski definition) is 2. The Morgan fingerprint density at radius 2 is 1.73 bits per heavy atom. The van der Waals surface area contributed by atoms with E-state index in [1.165, 1.54) is 18.5 Å². The maximum Gasteiger partial charge on any atom is 0.228 e. The molecule has 1 aliphatic heterocycles. The molecule has 0 bridgehead atoms. The van der Waals surface area contributed by atoms with Crippen LogP contribution in [0, 0.1) is 0 Å². The Kier molecular flexibility index (Phi) is 4.78. The smallest absolute Gasteiger partial charge is 0.228 e. The van der Waals surface area contributed by atoms with Gasteiger partial charge < -0.3 is 10.2 Å². The van der Waals surface area contributed by atoms with Gasteiger partial charge in [-0.1, -0.05) is 34.1 Å². The summed E-state index contributed by atoms with van der Waals surface area (Å²) in [5.74, 6) is 0.000762. The van der Waals surface area contributed by atoms with Crippen molar-refractivity contribution in [3.63, 3.8) is 0 Å². The number of nitrogens with zero attached hydrogens (tertiary/aromatic N) is 1. The lowest BCUT2D eigenvalue weighted by molar-refractivity contribution is -0.115. The number of benzene rings is 2. The van der Waals surface area contributed by atoms with E-state index in [1.54, 1.807) is 0 Å². The van der Waals surface area contributed by atoms with E-state index in [0.717, 1.165) is 28.8 Å². The molecule has 1 fully saturated rings. The Bertz CT molecular complexity index is 648. The fourth-order valence-corrected chi connectivity index (χ4v) is 3.18. The summed E-state index contributed by atoms with van der Waals surface area (Å²) >= 11 is 3.47. The lowest BCUT2D eigenvalue weighted by atomic mass is 10.1. The third-order valence-electron chi connectivity index (χ3n) is 3.93. The van der Waals surface area contributed by atoms with Crippen LogP contribution in [0.2, 0.25) is 0 Å². The predicted octanol–water partition coefficient (Wildman–Crippen LogP) is 4.23. The Labute approximate surface area is 139 Å². The first-order valence-corrected chi connectivity index (χ1v) is 8.40. The van der Waals surface area contributed by atoms with Crippen molar-refractivity contribution >= 4 is 33.2 Å². The second kappa shape index (κ2) is 6.97. The molecule has 2 aromatic rings. The number of hydrogen-bond donors (Lipinski definition) is 1. The Morgan fingerprint density at radius 1 is 1.05 bits per heavy atom. The van der Waals surface area contributed by atoms with Crippen LogP contribution in [0.1, 0.15) is 18.4 Å². The number of nitrogens with one attached hydrogen (secondary N) is 1. The molecule has 0 unspecified atom stereocenters. The second-order valence-electron chi connectivity index (χ2n) is 5.56. The van der Waals surface area contributed by atoms with Crippen LogP contribution in [-0.2, 0) is 11.2 Å². The Morgan fingerprint density at radius 3 is 2.41 bits per heavy atom. The monoisotopic (exact) mass is 358 g/mol. The van der Waals surface area contributed by atoms with Crippen LogP contribution in [0.3, 0.4) is 0 Å². The summed E-state index contributed by atoms with van der Waals surface area (Å²) in [6.45, 7) is 2.27. The molecular formula is C18H19BrN2O. The van der Waals surface area contributed by atoms with Gasteiger partial charge in [0.2, 0.25) is 5.91 Å². The van der Waals surface area contributed by atoms with Crippen molar-refractivity contribution in [1.29, 1.82) is 0 Å². The average molecular weight is 359 g/mol. The second-order valence-corrected chi connectivity index (χ2v) is 6.41. The number of rotatable bonds is 4. The summed E-state index contributed by atoms with van der Waals surface area (Å²) in [5, 5.41) is 2.96. The van der Waals surface area contributed by atoms with E-state index in [4.69, 9.17) is 0 Å². The van der Waals surface area contributed by atoms with Crippen molar-refractivity contribution in [3.8, 4) is 0 Å². The number of amides is 1. The van der Waals surface area contributed by atoms with Gasteiger partial charge in [-0.25, -0.2) is 0 Å². The Balaban J connectivity index is 1.60. The normalized spacial score (nSPS) is 14.1. The first-order chi connectivity index (χ1) is 10.7. The third-order valence-corrected chi connectivity index (χ3v) is 4.70. The molecule has 4 heteroatoms. The molecular weight excluding hydrogens is 340 g/mol. The molecule has 3 nitrogen and oxygen atoms in total. The molecule has 0 aromatic heterocycles. The van der Waals surface area contributed by atoms with E-state index in [9.17, 15) is 4.79 Å². The Hall–Kier alpha value is -1.81. The van der Waals surface area contributed by atoms with Gasteiger partial charge in [-0.3, -0.25) is 4.79 Å². The van der Waals surface area contributed by atoms with Gasteiger partial charge in [-0.15, -0.1) is 0 Å². The highest BCUT2D eigenvalue weighted by molar-refractivity contribution is 9.10. The largest absolute Gasteiger partial charge is 0.372 e. The summed E-state index contributed by atoms with van der Waals surface area (Å²) in [7, 11) is 0. The molecule has 1 amide bonds. The highest BCUT2D eigenvalue weighted by Gasteiger charge is 2.12. The third kappa shape index (κ3) is 3.69. The molecule has 2 aromatic carbocycles. The zero-order chi connectivity index (χ0) is 15.4. The molecule has 0 aliphatic carbocycles. The lowest BCUT2D eigenvalue weighted by Gasteiger charge is -2.17. The van der Waals surface area contributed by atoms with Crippen LogP contribution >= 0.6 is 15.9 Å². The molecule has 114 valence electrons. The van der Waals surface area contributed by atoms with Gasteiger partial charge in [-0.05, 0) is 48.7 Å². The number of anilines is 2. The number of carbonyl (C=O) groups excluding carboxylic acids is 1. The maximum atomic E-state index is 12.1. The lowest BCUT2D eigenvalue weighted by Crippen LogP contribution is -2.18. The highest BCUT2D eigenvalue weighted by atomic mass is 79.9. The number of carbonyl (C=O) groups is 1. The van der Waals surface area contributed by atoms with Crippen molar-refractivity contribution < 1.29 is 4.79 Å².